The van der Waals surface area contributed by atoms with Gasteiger partial charge in [0.15, 0.2) is 0 Å². The quantitative estimate of drug-likeness (QED) is 0.209. The molecule has 0 fully saturated rings. The monoisotopic (exact) mass is 698 g/mol. The smallest absolute Gasteiger partial charge is 0.275 e. The zero-order chi connectivity index (χ0) is 26.7. The number of hydrogen-bond acceptors (Lipinski definition) is 4. The van der Waals surface area contributed by atoms with Gasteiger partial charge in [0.25, 0.3) is 5.82 Å². The Morgan fingerprint density at radius 1 is 0.925 bits per heavy atom. The second-order valence-corrected chi connectivity index (χ2v) is 8.71. The first kappa shape index (κ1) is 26.6. The summed E-state index contributed by atoms with van der Waals surface area (Å²) in [5.41, 5.74) is 2.74. The Kier molecular flexibility index (Phi) is 7.55. The van der Waals surface area contributed by atoms with E-state index in [1.807, 2.05) is 78.9 Å². The van der Waals surface area contributed by atoms with E-state index in [4.69, 9.17) is 16.9 Å². The summed E-state index contributed by atoms with van der Waals surface area (Å²) in [6.45, 7) is 7.29. The van der Waals surface area contributed by atoms with Gasteiger partial charge in [-0.1, -0.05) is 104 Å². The Balaban J connectivity index is 0.00000323. The molecule has 8 nitrogen and oxygen atoms in total. The van der Waals surface area contributed by atoms with Crippen molar-refractivity contribution in [3.63, 3.8) is 0 Å². The molecule has 9 heteroatoms. The molecule has 0 radical (unpaired) electrons. The minimum atomic E-state index is -0.914. The molecular weight excluding hydrogens is 679 g/mol. The summed E-state index contributed by atoms with van der Waals surface area (Å²) in [6, 6.07) is 31.0. The second kappa shape index (κ2) is 11.4. The number of benzene rings is 2. The first-order chi connectivity index (χ1) is 19.2. The fraction of sp³-hybridized carbons (Fsp3) is 0.0645. The van der Waals surface area contributed by atoms with Crippen LogP contribution in [0.25, 0.3) is 16.0 Å². The molecule has 4 heterocycles. The van der Waals surface area contributed by atoms with Gasteiger partial charge in [-0.05, 0) is 28.5 Å². The average Bonchev–Trinajstić information content (AvgIpc) is 3.70. The van der Waals surface area contributed by atoms with E-state index in [9.17, 15) is 5.26 Å². The van der Waals surface area contributed by atoms with Crippen LogP contribution in [0, 0.1) is 30.3 Å². The first-order valence-electron chi connectivity index (χ1n) is 12.1. The van der Waals surface area contributed by atoms with Crippen LogP contribution in [0.1, 0.15) is 28.7 Å². The number of rotatable bonds is 6. The van der Waals surface area contributed by atoms with Crippen molar-refractivity contribution < 1.29 is 21.1 Å². The van der Waals surface area contributed by atoms with Crippen molar-refractivity contribution in [2.45, 2.75) is 11.6 Å². The van der Waals surface area contributed by atoms with Gasteiger partial charge in [0.05, 0.1) is 23.0 Å². The molecular formula is C31H19N8Pt-3. The van der Waals surface area contributed by atoms with Crippen LogP contribution < -0.4 is 0 Å². The van der Waals surface area contributed by atoms with Gasteiger partial charge >= 0.3 is 0 Å². The number of aromatic nitrogens is 5. The maximum absolute atomic E-state index is 9.27. The van der Waals surface area contributed by atoms with Gasteiger partial charge in [-0.25, -0.2) is 10.4 Å². The Bertz CT molecular complexity index is 1730. The van der Waals surface area contributed by atoms with E-state index < -0.39 is 11.6 Å². The summed E-state index contributed by atoms with van der Waals surface area (Å²) in [7, 11) is 0. The maximum Gasteiger partial charge on any atom is 0.275 e. The van der Waals surface area contributed by atoms with E-state index in [0.717, 1.165) is 22.5 Å². The third-order valence-corrected chi connectivity index (χ3v) is 6.49. The summed E-state index contributed by atoms with van der Waals surface area (Å²) < 4.78 is 3.03. The Morgan fingerprint density at radius 2 is 1.65 bits per heavy atom. The van der Waals surface area contributed by atoms with E-state index in [-0.39, 0.29) is 32.6 Å². The van der Waals surface area contributed by atoms with Crippen molar-refractivity contribution in [2.75, 3.05) is 0 Å². The minimum absolute atomic E-state index is 0. The van der Waals surface area contributed by atoms with Crippen molar-refractivity contribution >= 4 is 5.82 Å². The number of hydrogen-bond donors (Lipinski definition) is 0. The van der Waals surface area contributed by atoms with Crippen LogP contribution in [0.4, 0.5) is 5.82 Å². The Labute approximate surface area is 246 Å². The van der Waals surface area contributed by atoms with E-state index in [1.165, 1.54) is 10.7 Å². The average molecular weight is 699 g/mol. The zero-order valence-corrected chi connectivity index (χ0v) is 23.1. The molecule has 5 aromatic rings. The predicted molar refractivity (Wildman–Crippen MR) is 145 cm³/mol. The summed E-state index contributed by atoms with van der Waals surface area (Å²) in [4.78, 5) is 8.48. The molecule has 40 heavy (non-hydrogen) atoms. The molecule has 3 aromatic heterocycles. The molecule has 0 N–H and O–H groups in total. The molecule has 1 atom stereocenters. The molecule has 1 aliphatic rings. The van der Waals surface area contributed by atoms with Crippen LogP contribution in [-0.2, 0) is 26.5 Å². The van der Waals surface area contributed by atoms with Gasteiger partial charge in [-0.3, -0.25) is 9.67 Å². The normalized spacial score (nSPS) is 14.2. The molecule has 0 bridgehead atoms. The van der Waals surface area contributed by atoms with Gasteiger partial charge in [-0.15, -0.1) is 24.0 Å². The van der Waals surface area contributed by atoms with Crippen molar-refractivity contribution in [3.05, 3.63) is 167 Å². The summed E-state index contributed by atoms with van der Waals surface area (Å²) in [6.07, 6.45) is 11.3. The van der Waals surface area contributed by atoms with E-state index >= 15 is 0 Å². The van der Waals surface area contributed by atoms with Gasteiger partial charge in [0.2, 0.25) is 0 Å². The van der Waals surface area contributed by atoms with Crippen LogP contribution in [0.3, 0.4) is 0 Å². The van der Waals surface area contributed by atoms with Gasteiger partial charge < -0.3 is 14.8 Å². The molecule has 196 valence electrons. The van der Waals surface area contributed by atoms with Crippen molar-refractivity contribution in [1.29, 1.82) is 5.26 Å². The minimum Gasteiger partial charge on any atom is -0.662 e. The summed E-state index contributed by atoms with van der Waals surface area (Å²) >= 11 is 0. The van der Waals surface area contributed by atoms with Gasteiger partial charge in [0.1, 0.15) is 0 Å². The molecule has 0 amide bonds. The topological polar surface area (TPSA) is 90.8 Å². The molecule has 0 spiro atoms. The standard InChI is InChI=1S/C31H19N8.Pt/c1-33-28-19-21-39(37-28)30-17-9-15-27(35-30)31(23-10-4-2-5-11-23,24-12-6-3-7-13-24)26-14-8-16-29(34-26)38-20-18-25(22-32)36-38;/h2-19,30H;/q-3;. The molecule has 2 aromatic carbocycles. The SMILES string of the molecule is [C-]#[N+]c1c[c-]n(C2C=CC=C(C(c3ccccc3)(c3ccccc3)c3cccc(-n4[c-]cc(C#N)n4)n3)[N-]2)n1.[Pt]. The Morgan fingerprint density at radius 3 is 2.27 bits per heavy atom. The van der Waals surface area contributed by atoms with Crippen molar-refractivity contribution in [1.82, 2.24) is 24.5 Å². The third-order valence-electron chi connectivity index (χ3n) is 6.49. The molecule has 0 saturated carbocycles. The fourth-order valence-corrected chi connectivity index (χ4v) is 4.79. The Hall–Kier alpha value is -5.04. The molecule has 1 aliphatic heterocycles. The molecule has 6 rings (SSSR count). The van der Waals surface area contributed by atoms with Gasteiger partial charge in [0, 0.05) is 26.8 Å². The molecule has 0 aliphatic carbocycles. The van der Waals surface area contributed by atoms with Crippen LogP contribution in [0.5, 0.6) is 0 Å². The van der Waals surface area contributed by atoms with Gasteiger partial charge in [-0.2, -0.15) is 0 Å². The van der Waals surface area contributed by atoms with Crippen molar-refractivity contribution in [3.8, 4) is 11.9 Å². The second-order valence-electron chi connectivity index (χ2n) is 8.71. The predicted octanol–water partition coefficient (Wildman–Crippen LogP) is 5.84. The van der Waals surface area contributed by atoms with E-state index in [2.05, 4.69) is 51.7 Å². The third kappa shape index (κ3) is 4.66. The molecule has 1 unspecified atom stereocenters. The summed E-state index contributed by atoms with van der Waals surface area (Å²) in [5, 5.41) is 23.0. The first-order valence-corrected chi connectivity index (χ1v) is 12.1. The van der Waals surface area contributed by atoms with Crippen molar-refractivity contribution in [2.24, 2.45) is 0 Å². The number of pyridine rings is 1. The van der Waals surface area contributed by atoms with E-state index in [1.54, 1.807) is 10.7 Å². The summed E-state index contributed by atoms with van der Waals surface area (Å²) in [5.74, 6) is 0.782. The van der Waals surface area contributed by atoms with Crippen LogP contribution in [-0.4, -0.2) is 24.5 Å². The van der Waals surface area contributed by atoms with Crippen LogP contribution in [0.15, 0.2) is 115 Å². The van der Waals surface area contributed by atoms with Crippen LogP contribution >= 0.6 is 0 Å². The number of nitriles is 1. The number of allylic oxidation sites excluding steroid dienone is 3. The zero-order valence-electron chi connectivity index (χ0n) is 20.9. The fourth-order valence-electron chi connectivity index (χ4n) is 4.79. The number of nitrogens with zero attached hydrogens (tertiary/aromatic N) is 8. The van der Waals surface area contributed by atoms with E-state index in [0.29, 0.717) is 5.82 Å². The maximum atomic E-state index is 9.27. The largest absolute Gasteiger partial charge is 0.662 e. The molecule has 0 saturated heterocycles. The van der Waals surface area contributed by atoms with Crippen LogP contribution in [0.2, 0.25) is 0 Å².